The number of hydrogen-bond acceptors (Lipinski definition) is 6. The Bertz CT molecular complexity index is 1380. The number of aromatic hydroxyl groups is 1. The number of nitriles is 2. The second-order valence-corrected chi connectivity index (χ2v) is 8.25. The zero-order chi connectivity index (χ0) is 22.1. The SMILES string of the molecule is Cc1ccc(-c2c(C#N)c(O)n(NS(=O)(=O)c3ccc(C)cc3)c(=O)c2C#N)cc1. The highest BCUT2D eigenvalue weighted by Gasteiger charge is 2.26. The molecule has 8 nitrogen and oxygen atoms in total. The van der Waals surface area contributed by atoms with Gasteiger partial charge in [0.25, 0.3) is 15.6 Å². The second kappa shape index (κ2) is 7.74. The minimum atomic E-state index is -4.27. The predicted octanol–water partition coefficient (Wildman–Crippen LogP) is 2.51. The molecule has 0 amide bonds. The monoisotopic (exact) mass is 420 g/mol. The maximum Gasteiger partial charge on any atom is 0.291 e. The molecular weight excluding hydrogens is 404 g/mol. The van der Waals surface area contributed by atoms with Crippen LogP contribution in [-0.2, 0) is 10.0 Å². The molecule has 30 heavy (non-hydrogen) atoms. The highest BCUT2D eigenvalue weighted by Crippen LogP contribution is 2.31. The molecule has 0 aliphatic rings. The Morgan fingerprint density at radius 3 is 1.90 bits per heavy atom. The molecule has 3 aromatic rings. The van der Waals surface area contributed by atoms with Gasteiger partial charge in [0, 0.05) is 5.56 Å². The van der Waals surface area contributed by atoms with Crippen molar-refractivity contribution in [3.63, 3.8) is 0 Å². The fourth-order valence-corrected chi connectivity index (χ4v) is 3.87. The summed E-state index contributed by atoms with van der Waals surface area (Å²) in [6.07, 6.45) is 0. The lowest BCUT2D eigenvalue weighted by Gasteiger charge is -2.16. The maximum absolute atomic E-state index is 12.9. The predicted molar refractivity (Wildman–Crippen MR) is 110 cm³/mol. The van der Waals surface area contributed by atoms with Gasteiger partial charge in [-0.1, -0.05) is 47.5 Å². The minimum Gasteiger partial charge on any atom is -0.492 e. The maximum atomic E-state index is 12.9. The average Bonchev–Trinajstić information content (AvgIpc) is 2.72. The number of hydrogen-bond donors (Lipinski definition) is 2. The highest BCUT2D eigenvalue weighted by atomic mass is 32.2. The first-order valence-corrected chi connectivity index (χ1v) is 10.2. The van der Waals surface area contributed by atoms with Crippen molar-refractivity contribution in [2.45, 2.75) is 18.7 Å². The van der Waals surface area contributed by atoms with Crippen LogP contribution in [0.1, 0.15) is 22.3 Å². The van der Waals surface area contributed by atoms with E-state index < -0.39 is 32.6 Å². The number of aromatic nitrogens is 1. The van der Waals surface area contributed by atoms with Gasteiger partial charge in [0.2, 0.25) is 5.88 Å². The summed E-state index contributed by atoms with van der Waals surface area (Å²) in [4.78, 5) is 14.7. The van der Waals surface area contributed by atoms with Crippen LogP contribution in [0.15, 0.2) is 58.2 Å². The van der Waals surface area contributed by atoms with Gasteiger partial charge in [0.15, 0.2) is 0 Å². The first kappa shape index (κ1) is 20.6. The first-order chi connectivity index (χ1) is 14.2. The van der Waals surface area contributed by atoms with Gasteiger partial charge < -0.3 is 5.11 Å². The van der Waals surface area contributed by atoms with Gasteiger partial charge in [-0.3, -0.25) is 4.79 Å². The summed E-state index contributed by atoms with van der Waals surface area (Å²) in [5.41, 5.74) is 0.0822. The Labute approximate surface area is 172 Å². The molecule has 1 heterocycles. The minimum absolute atomic E-state index is 0.0618. The van der Waals surface area contributed by atoms with Crippen LogP contribution in [0.25, 0.3) is 11.1 Å². The van der Waals surface area contributed by atoms with E-state index in [1.807, 2.05) is 11.8 Å². The van der Waals surface area contributed by atoms with Crippen LogP contribution in [0, 0.1) is 36.5 Å². The Kier molecular flexibility index (Phi) is 5.33. The average molecular weight is 420 g/mol. The van der Waals surface area contributed by atoms with E-state index >= 15 is 0 Å². The van der Waals surface area contributed by atoms with E-state index in [1.165, 1.54) is 12.1 Å². The van der Waals surface area contributed by atoms with Crippen molar-refractivity contribution >= 4 is 10.0 Å². The molecule has 0 spiro atoms. The number of sulfonamides is 1. The Morgan fingerprint density at radius 1 is 0.900 bits per heavy atom. The Hall–Kier alpha value is -4.08. The van der Waals surface area contributed by atoms with Crippen molar-refractivity contribution in [2.75, 3.05) is 4.83 Å². The fraction of sp³-hybridized carbons (Fsp3) is 0.0952. The third-order valence-electron chi connectivity index (χ3n) is 4.46. The van der Waals surface area contributed by atoms with Crippen molar-refractivity contribution in [3.05, 3.63) is 81.1 Å². The molecule has 150 valence electrons. The lowest BCUT2D eigenvalue weighted by molar-refractivity contribution is 0.426. The summed E-state index contributed by atoms with van der Waals surface area (Å²) in [6.45, 7) is 3.62. The van der Waals surface area contributed by atoms with Gasteiger partial charge in [-0.15, -0.1) is 0 Å². The lowest BCUT2D eigenvalue weighted by atomic mass is 9.96. The van der Waals surface area contributed by atoms with Crippen LogP contribution < -0.4 is 10.4 Å². The summed E-state index contributed by atoms with van der Waals surface area (Å²) in [5.74, 6) is -0.909. The molecule has 3 rings (SSSR count). The van der Waals surface area contributed by atoms with E-state index in [2.05, 4.69) is 0 Å². The van der Waals surface area contributed by atoms with Crippen molar-refractivity contribution in [3.8, 4) is 29.1 Å². The molecule has 0 aliphatic carbocycles. The highest BCUT2D eigenvalue weighted by molar-refractivity contribution is 7.92. The molecule has 0 atom stereocenters. The van der Waals surface area contributed by atoms with E-state index in [4.69, 9.17) is 0 Å². The Balaban J connectivity index is 2.24. The third kappa shape index (κ3) is 3.62. The molecule has 0 bridgehead atoms. The van der Waals surface area contributed by atoms with Gasteiger partial charge in [-0.2, -0.15) is 23.6 Å². The number of pyridine rings is 1. The second-order valence-electron chi connectivity index (χ2n) is 6.59. The Morgan fingerprint density at radius 2 is 1.40 bits per heavy atom. The van der Waals surface area contributed by atoms with Crippen LogP contribution >= 0.6 is 0 Å². The third-order valence-corrected chi connectivity index (χ3v) is 5.77. The smallest absolute Gasteiger partial charge is 0.291 e. The van der Waals surface area contributed by atoms with Crippen molar-refractivity contribution in [1.82, 2.24) is 4.68 Å². The van der Waals surface area contributed by atoms with E-state index in [0.29, 0.717) is 10.2 Å². The van der Waals surface area contributed by atoms with Crippen LogP contribution in [0.3, 0.4) is 0 Å². The first-order valence-electron chi connectivity index (χ1n) is 8.68. The quantitative estimate of drug-likeness (QED) is 0.665. The van der Waals surface area contributed by atoms with Gasteiger partial charge in [0.05, 0.1) is 4.90 Å². The van der Waals surface area contributed by atoms with E-state index in [1.54, 1.807) is 55.5 Å². The topological polar surface area (TPSA) is 136 Å². The van der Waals surface area contributed by atoms with Crippen molar-refractivity contribution in [2.24, 2.45) is 0 Å². The number of benzene rings is 2. The number of nitrogens with zero attached hydrogens (tertiary/aromatic N) is 3. The van der Waals surface area contributed by atoms with E-state index in [-0.39, 0.29) is 10.5 Å². The van der Waals surface area contributed by atoms with E-state index in [9.17, 15) is 28.8 Å². The molecular formula is C21H16N4O4S. The summed E-state index contributed by atoms with van der Waals surface area (Å²) in [6, 6.07) is 15.9. The standard InChI is InChI=1S/C21H16N4O4S/c1-13-3-7-15(8-4-13)19-17(11-22)20(26)25(21(27)18(19)12-23)24-30(28,29)16-9-5-14(2)6-10-16/h3-10,24,26H,1-2H3. The lowest BCUT2D eigenvalue weighted by Crippen LogP contribution is -2.35. The zero-order valence-corrected chi connectivity index (χ0v) is 16.9. The number of nitrogens with one attached hydrogen (secondary N) is 1. The molecule has 0 fully saturated rings. The largest absolute Gasteiger partial charge is 0.492 e. The van der Waals surface area contributed by atoms with Crippen molar-refractivity contribution < 1.29 is 13.5 Å². The van der Waals surface area contributed by atoms with Gasteiger partial charge in [0.1, 0.15) is 23.3 Å². The molecule has 0 aliphatic heterocycles. The molecule has 9 heteroatoms. The number of rotatable bonds is 4. The molecule has 2 N–H and O–H groups in total. The van der Waals surface area contributed by atoms with E-state index in [0.717, 1.165) is 11.1 Å². The molecule has 0 saturated carbocycles. The molecule has 0 radical (unpaired) electrons. The molecule has 2 aromatic carbocycles. The zero-order valence-electron chi connectivity index (χ0n) is 16.0. The summed E-state index contributed by atoms with van der Waals surface area (Å²) < 4.78 is 25.6. The van der Waals surface area contributed by atoms with Crippen LogP contribution in [0.4, 0.5) is 0 Å². The number of aryl methyl sites for hydroxylation is 2. The van der Waals surface area contributed by atoms with Gasteiger partial charge >= 0.3 is 0 Å². The van der Waals surface area contributed by atoms with Crippen molar-refractivity contribution in [1.29, 1.82) is 10.5 Å². The van der Waals surface area contributed by atoms with Crippen LogP contribution in [0.5, 0.6) is 5.88 Å². The van der Waals surface area contributed by atoms with Gasteiger partial charge in [-0.05, 0) is 31.5 Å². The summed E-state index contributed by atoms with van der Waals surface area (Å²) >= 11 is 0. The molecule has 0 unspecified atom stereocenters. The summed E-state index contributed by atoms with van der Waals surface area (Å²) in [7, 11) is -4.27. The van der Waals surface area contributed by atoms with Crippen LogP contribution in [-0.4, -0.2) is 18.2 Å². The van der Waals surface area contributed by atoms with Crippen LogP contribution in [0.2, 0.25) is 0 Å². The molecule has 1 aromatic heterocycles. The normalized spacial score (nSPS) is 10.8. The fourth-order valence-electron chi connectivity index (χ4n) is 2.86. The summed E-state index contributed by atoms with van der Waals surface area (Å²) in [5, 5.41) is 29.7. The van der Waals surface area contributed by atoms with Gasteiger partial charge in [-0.25, -0.2) is 4.83 Å². The molecule has 0 saturated heterocycles.